The number of hydrogen-bond acceptors (Lipinski definition) is 0. The van der Waals surface area contributed by atoms with Crippen LogP contribution in [0.15, 0.2) is 255 Å². The van der Waals surface area contributed by atoms with E-state index in [1.165, 1.54) is 48.7 Å². The first-order valence-corrected chi connectivity index (χ1v) is 26.0. The van der Waals surface area contributed by atoms with Gasteiger partial charge in [-0.2, -0.15) is 0 Å². The first-order chi connectivity index (χ1) is 33.1. The number of benzene rings is 12. The van der Waals surface area contributed by atoms with Crippen LogP contribution in [0, 0.1) is 24.7 Å². The van der Waals surface area contributed by atoms with Crippen molar-refractivity contribution in [2.75, 3.05) is 5.90 Å². The summed E-state index contributed by atoms with van der Waals surface area (Å²) < 4.78 is 0. The Morgan fingerprint density at radius 2 is 0.507 bits per heavy atom. The Bertz CT molecular complexity index is 3410. The third kappa shape index (κ3) is 10.9. The Balaban J connectivity index is 0.000000140. The van der Waals surface area contributed by atoms with E-state index in [4.69, 9.17) is 12.8 Å². The molecular weight excluding hydrogens is 1060 g/mol. The molecule has 0 atom stereocenters. The number of hydrogen-bond donors (Lipinski definition) is 0. The van der Waals surface area contributed by atoms with Crippen molar-refractivity contribution < 1.29 is 44.8 Å². The molecule has 0 fully saturated rings. The molecule has 0 N–H and O–H groups in total. The monoisotopic (exact) mass is 1100 g/mol. The van der Waals surface area contributed by atoms with E-state index in [0.29, 0.717) is 0 Å². The average Bonchev–Trinajstić information content (AvgIpc) is 3.40. The summed E-state index contributed by atoms with van der Waals surface area (Å²) in [7, 11) is -1.69. The van der Waals surface area contributed by atoms with Crippen molar-refractivity contribution in [1.29, 1.82) is 0 Å². The van der Waals surface area contributed by atoms with Gasteiger partial charge in [0.15, 0.2) is 5.90 Å². The van der Waals surface area contributed by atoms with E-state index < -0.39 is 15.8 Å². The molecular formula is C65H46Ag2P2+2. The zero-order valence-electron chi connectivity index (χ0n) is 37.6. The fourth-order valence-electron chi connectivity index (χ4n) is 9.26. The number of rotatable bonds is 6. The van der Waals surface area contributed by atoms with Crippen molar-refractivity contribution in [2.24, 2.45) is 0 Å². The first kappa shape index (κ1) is 49.1. The maximum absolute atomic E-state index is 7.67. The SMILES string of the molecule is [Ag+].[Ag+].[C-]#Cc1c2ccccc2cc2cc3ccccc3cc12.[C-]#Cc1c2ccccc2cc2cc3ccccc3cc12.c1ccc([PH+](C[PH+](c2ccccc2)c2ccccc2)c2ccccc2)cc1. The molecule has 0 saturated heterocycles. The Morgan fingerprint density at radius 1 is 0.261 bits per heavy atom. The van der Waals surface area contributed by atoms with Crippen LogP contribution in [-0.2, 0) is 44.8 Å². The van der Waals surface area contributed by atoms with Crippen molar-refractivity contribution in [3.05, 3.63) is 279 Å². The third-order valence-corrected chi connectivity index (χ3v) is 19.5. The molecule has 4 heteroatoms. The van der Waals surface area contributed by atoms with Crippen molar-refractivity contribution in [3.63, 3.8) is 0 Å². The summed E-state index contributed by atoms with van der Waals surface area (Å²) in [6, 6.07) is 90.6. The van der Waals surface area contributed by atoms with Gasteiger partial charge in [0.1, 0.15) is 37.1 Å². The van der Waals surface area contributed by atoms with E-state index in [2.05, 4.69) is 230 Å². The molecule has 0 bridgehead atoms. The fraction of sp³-hybridized carbons (Fsp3) is 0.0154. The van der Waals surface area contributed by atoms with Crippen LogP contribution in [0.4, 0.5) is 0 Å². The van der Waals surface area contributed by atoms with Crippen LogP contribution in [0.2, 0.25) is 0 Å². The van der Waals surface area contributed by atoms with Gasteiger partial charge in [-0.25, -0.2) is 0 Å². The summed E-state index contributed by atoms with van der Waals surface area (Å²) in [5.74, 6) is 6.50. The number of fused-ring (bicyclic) bond motifs is 6. The van der Waals surface area contributed by atoms with Gasteiger partial charge in [0.05, 0.1) is 0 Å². The first-order valence-electron chi connectivity index (χ1n) is 22.6. The van der Waals surface area contributed by atoms with Crippen LogP contribution in [-0.4, -0.2) is 5.90 Å². The molecule has 0 aliphatic rings. The van der Waals surface area contributed by atoms with Gasteiger partial charge in [0.25, 0.3) is 0 Å². The summed E-state index contributed by atoms with van der Waals surface area (Å²) in [5.41, 5.74) is 1.76. The van der Waals surface area contributed by atoms with Gasteiger partial charge in [0.2, 0.25) is 0 Å². The molecule has 0 radical (unpaired) electrons. The molecule has 12 aromatic carbocycles. The van der Waals surface area contributed by atoms with Gasteiger partial charge in [-0.15, -0.1) is 11.1 Å². The van der Waals surface area contributed by atoms with E-state index >= 15 is 0 Å². The van der Waals surface area contributed by atoms with Crippen LogP contribution in [0.3, 0.4) is 0 Å². The van der Waals surface area contributed by atoms with E-state index in [1.54, 1.807) is 0 Å². The second kappa shape index (κ2) is 23.3. The van der Waals surface area contributed by atoms with Crippen LogP contribution < -0.4 is 21.2 Å². The molecule has 0 nitrogen and oxygen atoms in total. The normalized spacial score (nSPS) is 10.7. The second-order valence-electron chi connectivity index (χ2n) is 16.6. The summed E-state index contributed by atoms with van der Waals surface area (Å²) in [6.07, 6.45) is 15.3. The van der Waals surface area contributed by atoms with E-state index in [0.717, 1.165) is 54.2 Å². The Kier molecular flexibility index (Phi) is 16.6. The molecule has 0 aliphatic carbocycles. The Hall–Kier alpha value is -6.34. The van der Waals surface area contributed by atoms with Crippen molar-refractivity contribution in [2.45, 2.75) is 0 Å². The summed E-state index contributed by atoms with van der Waals surface area (Å²) in [6.45, 7) is 0. The Labute approximate surface area is 439 Å². The summed E-state index contributed by atoms with van der Waals surface area (Å²) in [5, 5.41) is 19.9. The predicted molar refractivity (Wildman–Crippen MR) is 296 cm³/mol. The predicted octanol–water partition coefficient (Wildman–Crippen LogP) is 14.8. The van der Waals surface area contributed by atoms with Crippen LogP contribution in [0.5, 0.6) is 0 Å². The standard InChI is InChI=1S/C25H22P2.2C20H11.2Ag/c1-5-13-22(14-6-1)26(23-15-7-2-8-16-23)21-27(24-17-9-3-10-18-24)25-19-11-4-12-20-25;2*1-2-18-19-10-6-5-9-16(19)12-17-11-14-7-3-4-8-15(14)13-20(17)18;;/h1-20H,21H2;2*3-13H;;/q;2*-1;2*+1/p+2. The quantitative estimate of drug-likeness (QED) is 0.0512. The van der Waals surface area contributed by atoms with Crippen molar-refractivity contribution in [3.8, 4) is 11.8 Å². The smallest absolute Gasteiger partial charge is 0.366 e. The zero-order chi connectivity index (χ0) is 45.4. The van der Waals surface area contributed by atoms with Crippen LogP contribution >= 0.6 is 15.8 Å². The molecule has 0 aromatic heterocycles. The van der Waals surface area contributed by atoms with Gasteiger partial charge in [0, 0.05) is 0 Å². The van der Waals surface area contributed by atoms with Gasteiger partial charge in [-0.05, 0) is 116 Å². The minimum absolute atomic E-state index is 0. The fourth-order valence-corrected chi connectivity index (χ4v) is 17.0. The van der Waals surface area contributed by atoms with Gasteiger partial charge in [-0.3, -0.25) is 11.8 Å². The Morgan fingerprint density at radius 3 is 0.812 bits per heavy atom. The summed E-state index contributed by atoms with van der Waals surface area (Å²) >= 11 is 0. The van der Waals surface area contributed by atoms with Gasteiger partial charge < -0.3 is 12.8 Å². The maximum Gasteiger partial charge on any atom is 1.00 e. The zero-order valence-corrected chi connectivity index (χ0v) is 42.5. The molecule has 0 unspecified atom stereocenters. The largest absolute Gasteiger partial charge is 1.00 e. The van der Waals surface area contributed by atoms with Gasteiger partial charge in [-0.1, -0.05) is 204 Å². The maximum atomic E-state index is 7.67. The average molecular weight is 1100 g/mol. The molecule has 0 heterocycles. The molecule has 0 aliphatic heterocycles. The minimum Gasteiger partial charge on any atom is -0.366 e. The summed E-state index contributed by atoms with van der Waals surface area (Å²) in [4.78, 5) is 0. The van der Waals surface area contributed by atoms with E-state index in [1.807, 2.05) is 36.4 Å². The molecule has 336 valence electrons. The molecule has 0 saturated carbocycles. The second-order valence-corrected chi connectivity index (χ2v) is 22.3. The topological polar surface area (TPSA) is 0 Å². The van der Waals surface area contributed by atoms with Crippen LogP contribution in [0.25, 0.3) is 64.6 Å². The van der Waals surface area contributed by atoms with Crippen molar-refractivity contribution in [1.82, 2.24) is 0 Å². The minimum atomic E-state index is -0.847. The van der Waals surface area contributed by atoms with E-state index in [-0.39, 0.29) is 44.8 Å². The molecule has 12 rings (SSSR count). The van der Waals surface area contributed by atoms with Gasteiger partial charge >= 0.3 is 44.8 Å². The van der Waals surface area contributed by atoms with Crippen LogP contribution in [0.1, 0.15) is 11.1 Å². The van der Waals surface area contributed by atoms with Crippen molar-refractivity contribution >= 4 is 102 Å². The van der Waals surface area contributed by atoms with E-state index in [9.17, 15) is 0 Å². The third-order valence-electron chi connectivity index (χ3n) is 12.5. The molecule has 69 heavy (non-hydrogen) atoms. The molecule has 12 aromatic rings. The molecule has 0 amide bonds. The molecule has 0 spiro atoms.